The molecule has 0 amide bonds. The molecule has 0 aliphatic heterocycles. The molecule has 0 bridgehead atoms. The fraction of sp³-hybridized carbons (Fsp3) is 0.600. The average molecular weight is 816 g/mol. The molecular weight excluding hydrogens is 744 g/mol. The van der Waals surface area contributed by atoms with Crippen molar-refractivity contribution in [2.45, 2.75) is 154 Å². The van der Waals surface area contributed by atoms with Gasteiger partial charge in [-0.15, -0.1) is 11.6 Å². The van der Waals surface area contributed by atoms with Gasteiger partial charge < -0.3 is 32.9 Å². The van der Waals surface area contributed by atoms with Gasteiger partial charge >= 0.3 is 0 Å². The van der Waals surface area contributed by atoms with Crippen LogP contribution < -0.4 is 4.74 Å². The highest BCUT2D eigenvalue weighted by Gasteiger charge is 2.53. The van der Waals surface area contributed by atoms with Crippen LogP contribution in [0.5, 0.6) is 5.75 Å². The van der Waals surface area contributed by atoms with Gasteiger partial charge in [-0.2, -0.15) is 0 Å². The summed E-state index contributed by atoms with van der Waals surface area (Å²) >= 11 is 6.77. The van der Waals surface area contributed by atoms with Crippen molar-refractivity contribution in [2.24, 2.45) is 5.41 Å². The Morgan fingerprint density at radius 2 is 1.07 bits per heavy atom. The summed E-state index contributed by atoms with van der Waals surface area (Å²) in [5.74, 6) is 0.776. The van der Waals surface area contributed by atoms with E-state index in [2.05, 4.69) is 93.7 Å². The van der Waals surface area contributed by atoms with Crippen LogP contribution in [0, 0.1) is 5.41 Å². The molecule has 0 saturated carbocycles. The summed E-state index contributed by atoms with van der Waals surface area (Å²) in [6, 6.07) is 28.1. The van der Waals surface area contributed by atoms with Crippen LogP contribution in [0.4, 0.5) is 0 Å². The van der Waals surface area contributed by atoms with Gasteiger partial charge in [-0.3, -0.25) is 0 Å². The largest absolute Gasteiger partial charge is 0.497 e. The number of aliphatic hydroxyl groups excluding tert-OH is 1. The highest BCUT2D eigenvalue weighted by molar-refractivity contribution is 6.74. The molecule has 2 unspecified atom stereocenters. The molecule has 6 atom stereocenters. The number of methoxy groups -OCH3 is 1. The predicted molar refractivity (Wildman–Crippen MR) is 232 cm³/mol. The topological polar surface area (TPSA) is 75.6 Å². The lowest BCUT2D eigenvalue weighted by molar-refractivity contribution is -0.200. The smallest absolute Gasteiger partial charge is 0.192 e. The monoisotopic (exact) mass is 814 g/mol. The highest BCUT2D eigenvalue weighted by Crippen LogP contribution is 2.45. The first-order valence-corrected chi connectivity index (χ1v) is 25.9. The van der Waals surface area contributed by atoms with Crippen LogP contribution in [0.2, 0.25) is 36.3 Å². The molecular formula is C45H71ClO7Si2. The van der Waals surface area contributed by atoms with E-state index in [-0.39, 0.29) is 16.7 Å². The highest BCUT2D eigenvalue weighted by atomic mass is 35.5. The first-order valence-electron chi connectivity index (χ1n) is 19.7. The first kappa shape index (κ1) is 47.3. The SMILES string of the molecule is COc1ccc(CO[C@@H]([C@H](CO[Si](C)(C)C(C)(C)C)OCc2ccccc2)C(C)(C)[C@@H](O[Si](C)(C)C(C)(C)C)[C@@H](OCc2ccccc2)C(O)C(C)Cl)cc1. The van der Waals surface area contributed by atoms with E-state index in [0.717, 1.165) is 22.4 Å². The van der Waals surface area contributed by atoms with Gasteiger partial charge in [0, 0.05) is 5.41 Å². The standard InChI is InChI=1S/C45H71ClO7Si2/c1-33(46)39(47)40(50-30-35-23-19-16-20-24-35)42(53-55(13,14)44(5,6)7)45(8,9)41(51-31-36-25-27-37(48-10)28-26-36)38(32-52-54(11,12)43(2,3)4)49-29-34-21-17-15-18-22-34/h15-28,33,38-42,47H,29-32H2,1-14H3/t33?,38-,39?,40-,41-,42-/m0/s1. The van der Waals surface area contributed by atoms with Gasteiger partial charge in [-0.05, 0) is 72.0 Å². The normalized spacial score (nSPS) is 16.6. The van der Waals surface area contributed by atoms with E-state index in [1.807, 2.05) is 72.8 Å². The zero-order valence-electron chi connectivity index (χ0n) is 36.2. The van der Waals surface area contributed by atoms with Gasteiger partial charge in [0.2, 0.25) is 0 Å². The number of hydrogen-bond donors (Lipinski definition) is 1. The number of halogens is 1. The van der Waals surface area contributed by atoms with Crippen molar-refractivity contribution in [3.05, 3.63) is 102 Å². The molecule has 0 saturated heterocycles. The van der Waals surface area contributed by atoms with Crippen molar-refractivity contribution < 1.29 is 32.9 Å². The zero-order valence-corrected chi connectivity index (χ0v) is 38.9. The molecule has 0 spiro atoms. The van der Waals surface area contributed by atoms with Crippen molar-refractivity contribution in [2.75, 3.05) is 13.7 Å². The van der Waals surface area contributed by atoms with Crippen LogP contribution in [-0.2, 0) is 42.9 Å². The fourth-order valence-electron chi connectivity index (χ4n) is 5.91. The Kier molecular flexibility index (Phi) is 17.3. The molecule has 55 heavy (non-hydrogen) atoms. The van der Waals surface area contributed by atoms with Crippen LogP contribution in [0.1, 0.15) is 79.0 Å². The van der Waals surface area contributed by atoms with E-state index in [1.165, 1.54) is 0 Å². The summed E-state index contributed by atoms with van der Waals surface area (Å²) in [5, 5.41) is 11.2. The molecule has 10 heteroatoms. The number of benzene rings is 3. The molecule has 0 aliphatic carbocycles. The second kappa shape index (κ2) is 20.1. The second-order valence-corrected chi connectivity index (χ2v) is 28.8. The summed E-state index contributed by atoms with van der Waals surface area (Å²) in [5.41, 5.74) is 2.21. The van der Waals surface area contributed by atoms with Crippen molar-refractivity contribution in [1.82, 2.24) is 0 Å². The van der Waals surface area contributed by atoms with Gasteiger partial charge in [0.25, 0.3) is 0 Å². The molecule has 0 aliphatic rings. The molecule has 1 N–H and O–H groups in total. The molecule has 3 aromatic carbocycles. The van der Waals surface area contributed by atoms with E-state index < -0.39 is 57.9 Å². The molecule has 0 aromatic heterocycles. The predicted octanol–water partition coefficient (Wildman–Crippen LogP) is 11.2. The lowest BCUT2D eigenvalue weighted by Crippen LogP contribution is -2.62. The molecule has 0 heterocycles. The van der Waals surface area contributed by atoms with Crippen LogP contribution in [0.15, 0.2) is 84.9 Å². The first-order chi connectivity index (χ1) is 25.5. The summed E-state index contributed by atoms with van der Waals surface area (Å²) < 4.78 is 40.8. The maximum atomic E-state index is 12.0. The second-order valence-electron chi connectivity index (χ2n) is 18.5. The number of hydrogen-bond acceptors (Lipinski definition) is 7. The quantitative estimate of drug-likeness (QED) is 0.0848. The minimum absolute atomic E-state index is 0.0170. The number of alkyl halides is 1. The third-order valence-electron chi connectivity index (χ3n) is 11.7. The maximum Gasteiger partial charge on any atom is 0.192 e. The lowest BCUT2D eigenvalue weighted by Gasteiger charge is -2.51. The van der Waals surface area contributed by atoms with Gasteiger partial charge in [0.1, 0.15) is 18.0 Å². The Hall–Kier alpha value is -2.06. The van der Waals surface area contributed by atoms with Gasteiger partial charge in [-0.25, -0.2) is 0 Å². The van der Waals surface area contributed by atoms with Crippen molar-refractivity contribution in [1.29, 1.82) is 0 Å². The van der Waals surface area contributed by atoms with Crippen LogP contribution >= 0.6 is 11.6 Å². The summed E-state index contributed by atoms with van der Waals surface area (Å²) in [7, 11) is -3.09. The summed E-state index contributed by atoms with van der Waals surface area (Å²) in [6.45, 7) is 29.8. The zero-order chi connectivity index (χ0) is 41.2. The minimum atomic E-state index is -2.52. The van der Waals surface area contributed by atoms with Crippen molar-refractivity contribution in [3.8, 4) is 5.75 Å². The Labute approximate surface area is 340 Å². The van der Waals surface area contributed by atoms with Crippen molar-refractivity contribution >= 4 is 28.2 Å². The number of ether oxygens (including phenoxy) is 4. The maximum absolute atomic E-state index is 12.0. The van der Waals surface area contributed by atoms with Gasteiger partial charge in [0.05, 0.1) is 57.2 Å². The third kappa shape index (κ3) is 13.5. The third-order valence-corrected chi connectivity index (χ3v) is 20.9. The summed E-state index contributed by atoms with van der Waals surface area (Å²) in [4.78, 5) is 0. The van der Waals surface area contributed by atoms with E-state index in [9.17, 15) is 5.11 Å². The number of aliphatic hydroxyl groups is 1. The average Bonchev–Trinajstić information content (AvgIpc) is 3.11. The Bertz CT molecular complexity index is 1540. The van der Waals surface area contributed by atoms with Gasteiger partial charge in [-0.1, -0.05) is 128 Å². The Morgan fingerprint density at radius 1 is 0.618 bits per heavy atom. The fourth-order valence-corrected chi connectivity index (χ4v) is 8.49. The molecule has 7 nitrogen and oxygen atoms in total. The van der Waals surface area contributed by atoms with Crippen LogP contribution in [-0.4, -0.2) is 71.4 Å². The molecule has 0 radical (unpaired) electrons. The molecule has 0 fully saturated rings. The minimum Gasteiger partial charge on any atom is -0.497 e. The van der Waals surface area contributed by atoms with Gasteiger partial charge in [0.15, 0.2) is 16.6 Å². The molecule has 3 aromatic rings. The van der Waals surface area contributed by atoms with E-state index in [4.69, 9.17) is 39.4 Å². The van der Waals surface area contributed by atoms with E-state index >= 15 is 0 Å². The summed E-state index contributed by atoms with van der Waals surface area (Å²) in [6.07, 6.45) is -3.62. The Morgan fingerprint density at radius 3 is 1.53 bits per heavy atom. The number of rotatable bonds is 21. The molecule has 308 valence electrons. The molecule has 3 rings (SSSR count). The van der Waals surface area contributed by atoms with Crippen LogP contribution in [0.25, 0.3) is 0 Å². The van der Waals surface area contributed by atoms with Crippen LogP contribution in [0.3, 0.4) is 0 Å². The van der Waals surface area contributed by atoms with E-state index in [1.54, 1.807) is 14.0 Å². The lowest BCUT2D eigenvalue weighted by atomic mass is 9.74. The van der Waals surface area contributed by atoms with Crippen molar-refractivity contribution in [3.63, 3.8) is 0 Å². The Balaban J connectivity index is 2.24. The van der Waals surface area contributed by atoms with E-state index in [0.29, 0.717) is 19.8 Å².